The zero-order valence-corrected chi connectivity index (χ0v) is 8.63. The lowest BCUT2D eigenvalue weighted by Gasteiger charge is -2.00. The van der Waals surface area contributed by atoms with Crippen molar-refractivity contribution in [2.24, 2.45) is 0 Å². The van der Waals surface area contributed by atoms with E-state index in [0.29, 0.717) is 0 Å². The van der Waals surface area contributed by atoms with E-state index in [1.54, 1.807) is 0 Å². The lowest BCUT2D eigenvalue weighted by molar-refractivity contribution is 0.366. The molecular weight excluding hydrogens is 211 g/mol. The van der Waals surface area contributed by atoms with Crippen LogP contribution >= 0.6 is 7.80 Å². The molecule has 0 bridgehead atoms. The minimum absolute atomic E-state index is 0.0384. The molecule has 13 heavy (non-hydrogen) atoms. The van der Waals surface area contributed by atoms with Gasteiger partial charge >= 0.3 is 0 Å². The first kappa shape index (κ1) is 12.3. The number of hydrogen-bond donors (Lipinski definition) is 0. The quantitative estimate of drug-likeness (QED) is 0.375. The molecule has 0 radical (unpaired) electrons. The van der Waals surface area contributed by atoms with Crippen molar-refractivity contribution in [3.63, 3.8) is 0 Å². The summed E-state index contributed by atoms with van der Waals surface area (Å²) in [4.78, 5) is 0. The smallest absolute Gasteiger partial charge is 0.275 e. The highest BCUT2D eigenvalue weighted by Crippen LogP contribution is 2.22. The summed E-state index contributed by atoms with van der Waals surface area (Å²) in [6.07, 6.45) is 9.60. The second-order valence-electron chi connectivity index (χ2n) is 2.09. The fourth-order valence-corrected chi connectivity index (χ4v) is 3.32. The van der Waals surface area contributed by atoms with Crippen molar-refractivity contribution in [1.82, 2.24) is 0 Å². The van der Waals surface area contributed by atoms with Crippen LogP contribution in [0, 0.1) is 24.7 Å². The van der Waals surface area contributed by atoms with Crippen LogP contribution in [-0.2, 0) is 18.9 Å². The molecular formula is C7H9O4PS. The molecule has 0 rings (SSSR count). The van der Waals surface area contributed by atoms with E-state index >= 15 is 0 Å². The highest BCUT2D eigenvalue weighted by Gasteiger charge is 2.14. The van der Waals surface area contributed by atoms with Crippen LogP contribution in [0.2, 0.25) is 0 Å². The predicted molar refractivity (Wildman–Crippen MR) is 51.3 cm³/mol. The Morgan fingerprint density at radius 1 is 1.31 bits per heavy atom. The molecule has 0 aliphatic carbocycles. The molecule has 0 aromatic rings. The Morgan fingerprint density at radius 2 is 1.92 bits per heavy atom. The highest BCUT2D eigenvalue weighted by atomic mass is 32.2. The summed E-state index contributed by atoms with van der Waals surface area (Å²) < 4.78 is 37.1. The maximum Gasteiger partial charge on any atom is 0.275 e. The van der Waals surface area contributed by atoms with Crippen LogP contribution in [0.5, 0.6) is 0 Å². The van der Waals surface area contributed by atoms with Gasteiger partial charge in [0, 0.05) is 0 Å². The summed E-state index contributed by atoms with van der Waals surface area (Å²) in [5.74, 6) is 4.12. The average molecular weight is 220 g/mol. The van der Waals surface area contributed by atoms with Gasteiger partial charge in [0.25, 0.3) is 10.1 Å². The van der Waals surface area contributed by atoms with Crippen LogP contribution in [-0.4, -0.2) is 26.7 Å². The summed E-state index contributed by atoms with van der Waals surface area (Å²) in [7, 11) is -6.07. The molecule has 0 aromatic heterocycles. The molecule has 4 nitrogen and oxygen atoms in total. The Morgan fingerprint density at radius 3 is 2.38 bits per heavy atom. The van der Waals surface area contributed by atoms with E-state index in [-0.39, 0.29) is 12.8 Å². The van der Waals surface area contributed by atoms with Crippen LogP contribution in [0.15, 0.2) is 0 Å². The van der Waals surface area contributed by atoms with Crippen molar-refractivity contribution < 1.29 is 17.2 Å². The third kappa shape index (κ3) is 6.42. The molecule has 72 valence electrons. The van der Waals surface area contributed by atoms with E-state index in [9.17, 15) is 13.0 Å². The molecule has 0 saturated heterocycles. The molecule has 0 saturated carbocycles. The number of hydrogen-bond acceptors (Lipinski definition) is 4. The van der Waals surface area contributed by atoms with Crippen molar-refractivity contribution in [2.45, 2.75) is 0 Å². The van der Waals surface area contributed by atoms with Crippen molar-refractivity contribution in [3.05, 3.63) is 0 Å². The standard InChI is InChI=1S/C7H9O4PS/c1-3-5-11-13(9,10)7-12(8)6-4-2/h1-2,12H,5-7H2. The summed E-state index contributed by atoms with van der Waals surface area (Å²) in [6.45, 7) is -0.340. The molecule has 0 heterocycles. The number of terminal acetylenes is 2. The predicted octanol–water partition coefficient (Wildman–Crippen LogP) is 0.116. The van der Waals surface area contributed by atoms with Gasteiger partial charge in [0.1, 0.15) is 19.9 Å². The lowest BCUT2D eigenvalue weighted by atomic mass is 10.8. The number of rotatable bonds is 5. The Kier molecular flexibility index (Phi) is 5.50. The van der Waals surface area contributed by atoms with Crippen LogP contribution in [0.1, 0.15) is 0 Å². The van der Waals surface area contributed by atoms with E-state index in [0.717, 1.165) is 0 Å². The zero-order valence-electron chi connectivity index (χ0n) is 6.82. The van der Waals surface area contributed by atoms with Crippen molar-refractivity contribution in [2.75, 3.05) is 18.3 Å². The first-order valence-corrected chi connectivity index (χ1v) is 6.67. The van der Waals surface area contributed by atoms with Crippen molar-refractivity contribution >= 4 is 17.9 Å². The molecule has 0 N–H and O–H groups in total. The molecule has 0 aromatic carbocycles. The Bertz CT molecular complexity index is 357. The van der Waals surface area contributed by atoms with Gasteiger partial charge in [-0.25, -0.2) is 0 Å². The van der Waals surface area contributed by atoms with E-state index < -0.39 is 23.4 Å². The maximum atomic E-state index is 11.0. The Balaban J connectivity index is 4.14. The van der Waals surface area contributed by atoms with E-state index in [1.165, 1.54) is 0 Å². The summed E-state index contributed by atoms with van der Waals surface area (Å²) in [6, 6.07) is 0. The van der Waals surface area contributed by atoms with E-state index in [2.05, 4.69) is 10.1 Å². The van der Waals surface area contributed by atoms with Crippen LogP contribution in [0.3, 0.4) is 0 Å². The van der Waals surface area contributed by atoms with Crippen LogP contribution in [0.25, 0.3) is 0 Å². The van der Waals surface area contributed by atoms with Gasteiger partial charge in [0.05, 0.1) is 6.16 Å². The fourth-order valence-electron chi connectivity index (χ4n) is 0.528. The van der Waals surface area contributed by atoms with Gasteiger partial charge in [-0.3, -0.25) is 4.18 Å². The molecule has 0 spiro atoms. The fraction of sp³-hybridized carbons (Fsp3) is 0.429. The second-order valence-corrected chi connectivity index (χ2v) is 6.02. The minimum Gasteiger partial charge on any atom is -0.325 e. The van der Waals surface area contributed by atoms with Crippen molar-refractivity contribution in [3.8, 4) is 24.7 Å². The molecule has 0 amide bonds. The van der Waals surface area contributed by atoms with E-state index in [4.69, 9.17) is 12.8 Å². The first-order chi connectivity index (χ1) is 6.02. The van der Waals surface area contributed by atoms with Crippen molar-refractivity contribution in [1.29, 1.82) is 0 Å². The Labute approximate surface area is 78.6 Å². The largest absolute Gasteiger partial charge is 0.325 e. The summed E-state index contributed by atoms with van der Waals surface area (Å²) in [5, 5.41) is 0. The van der Waals surface area contributed by atoms with Gasteiger partial charge in [-0.2, -0.15) is 8.42 Å². The molecule has 0 aliphatic rings. The molecule has 0 aliphatic heterocycles. The molecule has 0 fully saturated rings. The monoisotopic (exact) mass is 220 g/mol. The second kappa shape index (κ2) is 5.83. The van der Waals surface area contributed by atoms with E-state index in [1.807, 2.05) is 5.92 Å². The zero-order chi connectivity index (χ0) is 10.3. The minimum atomic E-state index is -3.77. The summed E-state index contributed by atoms with van der Waals surface area (Å²) >= 11 is 0. The van der Waals surface area contributed by atoms with Crippen LogP contribution < -0.4 is 0 Å². The average Bonchev–Trinajstić information content (AvgIpc) is 2.00. The Hall–Kier alpha value is -0.740. The van der Waals surface area contributed by atoms with Gasteiger partial charge in [-0.15, -0.1) is 12.8 Å². The highest BCUT2D eigenvalue weighted by molar-refractivity contribution is 7.92. The summed E-state index contributed by atoms with van der Waals surface area (Å²) in [5.41, 5.74) is -0.538. The third-order valence-corrected chi connectivity index (χ3v) is 4.74. The van der Waals surface area contributed by atoms with Gasteiger partial charge < -0.3 is 4.57 Å². The molecule has 1 unspecified atom stereocenters. The first-order valence-electron chi connectivity index (χ1n) is 3.27. The maximum absolute atomic E-state index is 11.0. The van der Waals surface area contributed by atoms with Gasteiger partial charge in [-0.05, 0) is 0 Å². The van der Waals surface area contributed by atoms with Gasteiger partial charge in [0.2, 0.25) is 0 Å². The van der Waals surface area contributed by atoms with Gasteiger partial charge in [0.15, 0.2) is 0 Å². The molecule has 6 heteroatoms. The van der Waals surface area contributed by atoms with Crippen LogP contribution in [0.4, 0.5) is 0 Å². The van der Waals surface area contributed by atoms with Gasteiger partial charge in [-0.1, -0.05) is 11.8 Å². The molecule has 1 atom stereocenters. The normalized spacial score (nSPS) is 12.8. The lowest BCUT2D eigenvalue weighted by Crippen LogP contribution is -2.08. The topological polar surface area (TPSA) is 60.4 Å². The third-order valence-electron chi connectivity index (χ3n) is 0.959. The SMILES string of the molecule is C#CCOS(=O)(=O)C[PH](=O)CC#C.